The molecule has 0 amide bonds. The molecule has 72 heavy (non-hydrogen) atoms. The lowest BCUT2D eigenvalue weighted by Gasteiger charge is -2.19. The van der Waals surface area contributed by atoms with Crippen LogP contribution in [0.1, 0.15) is 27.8 Å². The van der Waals surface area contributed by atoms with Crippen molar-refractivity contribution in [2.45, 2.75) is 0 Å². The molecule has 0 radical (unpaired) electrons. The summed E-state index contributed by atoms with van der Waals surface area (Å²) in [5.41, 5.74) is 12.0. The van der Waals surface area contributed by atoms with Gasteiger partial charge in [-0.15, -0.1) is 0 Å². The first-order chi connectivity index (χ1) is 35.4. The Morgan fingerprint density at radius 1 is 0.292 bits per heavy atom. The van der Waals surface area contributed by atoms with Crippen molar-refractivity contribution in [3.63, 3.8) is 0 Å². The molecule has 0 aliphatic carbocycles. The van der Waals surface area contributed by atoms with E-state index >= 15 is 0 Å². The molecule has 10 heteroatoms. The summed E-state index contributed by atoms with van der Waals surface area (Å²) in [6.07, 6.45) is 0. The van der Waals surface area contributed by atoms with Crippen LogP contribution in [-0.2, 0) is 0 Å². The zero-order chi connectivity index (χ0) is 48.9. The van der Waals surface area contributed by atoms with Crippen LogP contribution in [0.15, 0.2) is 194 Å². The summed E-state index contributed by atoms with van der Waals surface area (Å²) in [5.74, 6) is 1.34. The first kappa shape index (κ1) is 42.4. The maximum atomic E-state index is 11.4. The predicted octanol–water partition coefficient (Wildman–Crippen LogP) is 13.8. The highest BCUT2D eigenvalue weighted by atomic mass is 15.1. The number of benzene rings is 9. The molecule has 0 spiro atoms. The number of hydrogen-bond donors (Lipinski definition) is 0. The van der Waals surface area contributed by atoms with Crippen molar-refractivity contribution in [3.05, 3.63) is 222 Å². The molecule has 0 N–H and O–H groups in total. The van der Waals surface area contributed by atoms with E-state index in [9.17, 15) is 26.3 Å². The van der Waals surface area contributed by atoms with Gasteiger partial charge in [0.15, 0.2) is 17.5 Å². The summed E-state index contributed by atoms with van der Waals surface area (Å²) in [5, 5.41) is 54.5. The van der Waals surface area contributed by atoms with Gasteiger partial charge in [0.2, 0.25) is 0 Å². The lowest BCUT2D eigenvalue weighted by Crippen LogP contribution is -2.07. The molecule has 0 saturated heterocycles. The van der Waals surface area contributed by atoms with Gasteiger partial charge in [-0.2, -0.15) is 26.3 Å². The molecule has 0 aliphatic heterocycles. The molecule has 9 aromatic carbocycles. The summed E-state index contributed by atoms with van der Waals surface area (Å²) in [6.45, 7) is 0. The molecular formula is C62H32N10. The van der Waals surface area contributed by atoms with Crippen molar-refractivity contribution in [1.29, 1.82) is 26.3 Å². The van der Waals surface area contributed by atoms with E-state index in [1.54, 1.807) is 36.4 Å². The largest absolute Gasteiger partial charge is 0.308 e. The molecule has 12 aromatic rings. The van der Waals surface area contributed by atoms with Crippen molar-refractivity contribution in [2.24, 2.45) is 0 Å². The van der Waals surface area contributed by atoms with Gasteiger partial charge in [-0.3, -0.25) is 0 Å². The highest BCUT2D eigenvalue weighted by Gasteiger charge is 2.25. The smallest absolute Gasteiger partial charge is 0.166 e. The fourth-order valence-corrected chi connectivity index (χ4v) is 9.82. The van der Waals surface area contributed by atoms with Crippen molar-refractivity contribution in [2.75, 3.05) is 0 Å². The molecule has 12 rings (SSSR count). The van der Waals surface area contributed by atoms with Gasteiger partial charge in [0.05, 0.1) is 85.5 Å². The molecular weight excluding hydrogens is 885 g/mol. The number of aromatic nitrogens is 5. The standard InChI is InChI=1S/C62H32N10/c63-33-38-23-39(34-64)26-46(25-38)44-19-21-56-51(29-44)49-15-7-9-17-54(49)71(56)58-32-53(62-69-60(42-11-3-1-4-12-42)68-61(70-62)43-13-5-2-6-14-43)59(31-48(58)37-67)72-55-18-10-8-16-50(55)52-30-45(20-22-57(52)72)47-27-40(35-65)24-41(28-47)36-66/h1-32H. The van der Waals surface area contributed by atoms with Crippen LogP contribution in [0.3, 0.4) is 0 Å². The second-order valence-corrected chi connectivity index (χ2v) is 17.3. The van der Waals surface area contributed by atoms with Crippen LogP contribution in [0.2, 0.25) is 0 Å². The van der Waals surface area contributed by atoms with Gasteiger partial charge in [0.25, 0.3) is 0 Å². The van der Waals surface area contributed by atoms with E-state index in [1.165, 1.54) is 0 Å². The fourth-order valence-electron chi connectivity index (χ4n) is 9.82. The highest BCUT2D eigenvalue weighted by Crippen LogP contribution is 2.42. The molecule has 3 aromatic heterocycles. The third kappa shape index (κ3) is 7.13. The van der Waals surface area contributed by atoms with Gasteiger partial charge < -0.3 is 9.13 Å². The first-order valence-electron chi connectivity index (χ1n) is 22.9. The van der Waals surface area contributed by atoms with Gasteiger partial charge >= 0.3 is 0 Å². The SMILES string of the molecule is N#Cc1cc(C#N)cc(-c2ccc3c(c2)c2ccccc2n3-c2cc(-c3nc(-c4ccccc4)nc(-c4ccccc4)n3)c(-n3c4ccccc4c4cc(-c5cc(C#N)cc(C#N)c5)ccc43)cc2C#N)c1. The van der Waals surface area contributed by atoms with Gasteiger partial charge in [-0.25, -0.2) is 15.0 Å². The number of nitrogens with zero attached hydrogens (tertiary/aromatic N) is 10. The van der Waals surface area contributed by atoms with Crippen LogP contribution >= 0.6 is 0 Å². The molecule has 0 atom stereocenters. The van der Waals surface area contributed by atoms with Crippen LogP contribution in [0.25, 0.3) is 111 Å². The summed E-state index contributed by atoms with van der Waals surface area (Å²) >= 11 is 0. The zero-order valence-electron chi connectivity index (χ0n) is 37.9. The van der Waals surface area contributed by atoms with Gasteiger partial charge in [0, 0.05) is 38.2 Å². The van der Waals surface area contributed by atoms with Crippen LogP contribution in [0.4, 0.5) is 0 Å². The number of hydrogen-bond acceptors (Lipinski definition) is 8. The Bertz CT molecular complexity index is 4330. The minimum atomic E-state index is 0.386. The van der Waals surface area contributed by atoms with E-state index in [0.717, 1.165) is 77.0 Å². The Kier molecular flexibility index (Phi) is 10.2. The molecule has 0 fully saturated rings. The van der Waals surface area contributed by atoms with Crippen LogP contribution in [0, 0.1) is 56.7 Å². The van der Waals surface area contributed by atoms with E-state index < -0.39 is 0 Å². The van der Waals surface area contributed by atoms with E-state index in [0.29, 0.717) is 62.2 Å². The van der Waals surface area contributed by atoms with E-state index in [-0.39, 0.29) is 0 Å². The first-order valence-corrected chi connectivity index (χ1v) is 22.9. The second-order valence-electron chi connectivity index (χ2n) is 17.3. The molecule has 0 aliphatic rings. The average Bonchev–Trinajstić information content (AvgIpc) is 3.96. The summed E-state index contributed by atoms with van der Waals surface area (Å²) < 4.78 is 4.26. The number of para-hydroxylation sites is 2. The minimum absolute atomic E-state index is 0.386. The molecule has 0 unspecified atom stereocenters. The van der Waals surface area contributed by atoms with Gasteiger partial charge in [-0.1, -0.05) is 109 Å². The average molecular weight is 917 g/mol. The van der Waals surface area contributed by atoms with E-state index in [4.69, 9.17) is 15.0 Å². The quantitative estimate of drug-likeness (QED) is 0.152. The molecule has 10 nitrogen and oxygen atoms in total. The maximum Gasteiger partial charge on any atom is 0.166 e. The van der Waals surface area contributed by atoms with Crippen LogP contribution in [0.5, 0.6) is 0 Å². The Labute approximate surface area is 412 Å². The Hall–Kier alpha value is -11.0. The van der Waals surface area contributed by atoms with Crippen molar-refractivity contribution >= 4 is 43.6 Å². The topological polar surface area (TPSA) is 167 Å². The Balaban J connectivity index is 1.17. The molecule has 3 heterocycles. The summed E-state index contributed by atoms with van der Waals surface area (Å²) in [6, 6.07) is 73.5. The van der Waals surface area contributed by atoms with Gasteiger partial charge in [-0.05, 0) is 107 Å². The van der Waals surface area contributed by atoms with Crippen LogP contribution < -0.4 is 0 Å². The maximum absolute atomic E-state index is 11.4. The van der Waals surface area contributed by atoms with Crippen molar-refractivity contribution in [1.82, 2.24) is 24.1 Å². The molecule has 0 saturated carbocycles. The van der Waals surface area contributed by atoms with Crippen molar-refractivity contribution in [3.8, 4) is 98.1 Å². The van der Waals surface area contributed by atoms with Crippen LogP contribution in [-0.4, -0.2) is 24.1 Å². The van der Waals surface area contributed by atoms with E-state index in [1.807, 2.05) is 127 Å². The third-order valence-corrected chi connectivity index (χ3v) is 13.1. The molecule has 330 valence electrons. The van der Waals surface area contributed by atoms with E-state index in [2.05, 4.69) is 69.8 Å². The Morgan fingerprint density at radius 3 is 1.14 bits per heavy atom. The minimum Gasteiger partial charge on any atom is -0.308 e. The number of rotatable bonds is 7. The van der Waals surface area contributed by atoms with Crippen molar-refractivity contribution < 1.29 is 0 Å². The summed E-state index contributed by atoms with van der Waals surface area (Å²) in [7, 11) is 0. The highest BCUT2D eigenvalue weighted by molar-refractivity contribution is 6.12. The summed E-state index contributed by atoms with van der Waals surface area (Å²) in [4.78, 5) is 15.6. The number of fused-ring (bicyclic) bond motifs is 6. The lowest BCUT2D eigenvalue weighted by atomic mass is 9.98. The van der Waals surface area contributed by atoms with Gasteiger partial charge in [0.1, 0.15) is 6.07 Å². The normalized spacial score (nSPS) is 11.0. The third-order valence-electron chi connectivity index (χ3n) is 13.1. The lowest BCUT2D eigenvalue weighted by molar-refractivity contribution is 1.06. The monoisotopic (exact) mass is 916 g/mol. The number of nitriles is 5. The zero-order valence-corrected chi connectivity index (χ0v) is 37.9. The fraction of sp³-hybridized carbons (Fsp3) is 0. The Morgan fingerprint density at radius 2 is 0.694 bits per heavy atom. The predicted molar refractivity (Wildman–Crippen MR) is 279 cm³/mol. The second kappa shape index (κ2) is 17.3. The molecule has 0 bridgehead atoms.